The SMILES string of the molecule is C=C[CH]N1C=CSC1. The molecule has 0 N–H and O–H groups in total. The quantitative estimate of drug-likeness (QED) is 0.555. The lowest BCUT2D eigenvalue weighted by molar-refractivity contribution is 0.568. The molecule has 0 aliphatic carbocycles. The van der Waals surface area contributed by atoms with Gasteiger partial charge < -0.3 is 4.90 Å². The lowest BCUT2D eigenvalue weighted by atomic mass is 10.6. The van der Waals surface area contributed by atoms with Crippen molar-refractivity contribution in [3.8, 4) is 0 Å². The van der Waals surface area contributed by atoms with Crippen LogP contribution in [0, 0.1) is 6.54 Å². The lowest BCUT2D eigenvalue weighted by Crippen LogP contribution is -2.06. The number of nitrogens with zero attached hydrogens (tertiary/aromatic N) is 1. The van der Waals surface area contributed by atoms with Crippen molar-refractivity contribution in [2.24, 2.45) is 0 Å². The van der Waals surface area contributed by atoms with Crippen LogP contribution >= 0.6 is 11.8 Å². The molecule has 0 aromatic heterocycles. The second kappa shape index (κ2) is 2.82. The predicted octanol–water partition coefficient (Wildman–Crippen LogP) is 1.81. The molecule has 43 valence electrons. The number of thioether (sulfide) groups is 1. The zero-order valence-corrected chi connectivity index (χ0v) is 5.40. The molecule has 0 amide bonds. The van der Waals surface area contributed by atoms with Crippen molar-refractivity contribution in [3.05, 3.63) is 30.8 Å². The number of hydrogen-bond acceptors (Lipinski definition) is 2. The smallest absolute Gasteiger partial charge is 0.0713 e. The molecular weight excluding hydrogens is 118 g/mol. The van der Waals surface area contributed by atoms with Gasteiger partial charge in [0.25, 0.3) is 0 Å². The second-order valence-electron chi connectivity index (χ2n) is 1.48. The second-order valence-corrected chi connectivity index (χ2v) is 2.34. The van der Waals surface area contributed by atoms with Crippen LogP contribution in [-0.4, -0.2) is 10.8 Å². The number of rotatable bonds is 2. The molecular formula is C6H8NS. The minimum atomic E-state index is 1.03. The molecule has 1 aliphatic heterocycles. The Morgan fingerprint density at radius 3 is 3.12 bits per heavy atom. The Hall–Kier alpha value is -0.370. The van der Waals surface area contributed by atoms with Gasteiger partial charge in [0.05, 0.1) is 12.4 Å². The highest BCUT2D eigenvalue weighted by molar-refractivity contribution is 8.02. The van der Waals surface area contributed by atoms with Crippen molar-refractivity contribution in [2.45, 2.75) is 0 Å². The zero-order chi connectivity index (χ0) is 5.82. The molecule has 1 aliphatic rings. The molecule has 1 nitrogen and oxygen atoms in total. The molecule has 0 saturated heterocycles. The highest BCUT2D eigenvalue weighted by Gasteiger charge is 1.99. The van der Waals surface area contributed by atoms with Crippen LogP contribution in [0.25, 0.3) is 0 Å². The summed E-state index contributed by atoms with van der Waals surface area (Å²) in [6.07, 6.45) is 3.82. The molecule has 0 aromatic carbocycles. The summed E-state index contributed by atoms with van der Waals surface area (Å²) in [5.74, 6) is 1.03. The van der Waals surface area contributed by atoms with E-state index in [4.69, 9.17) is 0 Å². The average Bonchev–Trinajstić information content (AvgIpc) is 2.19. The van der Waals surface area contributed by atoms with Crippen molar-refractivity contribution in [3.63, 3.8) is 0 Å². The van der Waals surface area contributed by atoms with Gasteiger partial charge >= 0.3 is 0 Å². The van der Waals surface area contributed by atoms with Crippen LogP contribution in [0.2, 0.25) is 0 Å². The normalized spacial score (nSPS) is 17.2. The van der Waals surface area contributed by atoms with Gasteiger partial charge in [-0.25, -0.2) is 0 Å². The molecule has 0 fully saturated rings. The van der Waals surface area contributed by atoms with Crippen LogP contribution < -0.4 is 0 Å². The summed E-state index contributed by atoms with van der Waals surface area (Å²) in [6, 6.07) is 0. The van der Waals surface area contributed by atoms with Gasteiger partial charge in [-0.05, 0) is 5.41 Å². The van der Waals surface area contributed by atoms with Crippen molar-refractivity contribution in [2.75, 3.05) is 5.88 Å². The van der Waals surface area contributed by atoms with E-state index in [1.165, 1.54) is 0 Å². The first-order valence-corrected chi connectivity index (χ1v) is 3.48. The summed E-state index contributed by atoms with van der Waals surface area (Å²) >= 11 is 1.79. The van der Waals surface area contributed by atoms with E-state index < -0.39 is 0 Å². The van der Waals surface area contributed by atoms with Crippen molar-refractivity contribution in [1.29, 1.82) is 0 Å². The third-order valence-corrected chi connectivity index (χ3v) is 1.63. The molecule has 1 rings (SSSR count). The van der Waals surface area contributed by atoms with E-state index in [-0.39, 0.29) is 0 Å². The van der Waals surface area contributed by atoms with Gasteiger partial charge in [-0.1, -0.05) is 6.08 Å². The van der Waals surface area contributed by atoms with Gasteiger partial charge in [0.15, 0.2) is 0 Å². The standard InChI is InChI=1S/C6H8NS/c1-2-3-7-4-5-8-6-7/h2-5H,1,6H2. The summed E-state index contributed by atoms with van der Waals surface area (Å²) in [4.78, 5) is 2.08. The zero-order valence-electron chi connectivity index (χ0n) is 4.58. The maximum Gasteiger partial charge on any atom is 0.0713 e. The summed E-state index contributed by atoms with van der Waals surface area (Å²) in [5.41, 5.74) is 0. The fraction of sp³-hybridized carbons (Fsp3) is 0.167. The summed E-state index contributed by atoms with van der Waals surface area (Å²) in [6.45, 7) is 5.54. The van der Waals surface area contributed by atoms with E-state index in [0.29, 0.717) is 0 Å². The monoisotopic (exact) mass is 126 g/mol. The maximum atomic E-state index is 3.58. The largest absolute Gasteiger partial charge is 0.359 e. The topological polar surface area (TPSA) is 3.24 Å². The molecule has 0 bridgehead atoms. The highest BCUT2D eigenvalue weighted by Crippen LogP contribution is 2.15. The summed E-state index contributed by atoms with van der Waals surface area (Å²) in [7, 11) is 0. The van der Waals surface area contributed by atoms with Crippen LogP contribution in [0.3, 0.4) is 0 Å². The molecule has 8 heavy (non-hydrogen) atoms. The Labute approximate surface area is 54.1 Å². The first-order valence-electron chi connectivity index (χ1n) is 2.43. The molecule has 0 atom stereocenters. The van der Waals surface area contributed by atoms with E-state index >= 15 is 0 Å². The van der Waals surface area contributed by atoms with Gasteiger partial charge in [-0.15, -0.1) is 18.3 Å². The average molecular weight is 126 g/mol. The molecule has 2 heteroatoms. The van der Waals surface area contributed by atoms with Gasteiger partial charge in [-0.3, -0.25) is 0 Å². The third kappa shape index (κ3) is 1.30. The molecule has 1 radical (unpaired) electrons. The minimum absolute atomic E-state index is 1.03. The van der Waals surface area contributed by atoms with Crippen LogP contribution in [0.5, 0.6) is 0 Å². The number of hydrogen-bond donors (Lipinski definition) is 0. The van der Waals surface area contributed by atoms with Gasteiger partial charge in [-0.2, -0.15) is 0 Å². The Balaban J connectivity index is 2.25. The van der Waals surface area contributed by atoms with E-state index in [1.54, 1.807) is 17.8 Å². The minimum Gasteiger partial charge on any atom is -0.359 e. The van der Waals surface area contributed by atoms with E-state index in [0.717, 1.165) is 5.88 Å². The van der Waals surface area contributed by atoms with E-state index in [2.05, 4.69) is 16.9 Å². The molecule has 0 saturated carbocycles. The Morgan fingerprint density at radius 1 is 1.75 bits per heavy atom. The Morgan fingerprint density at radius 2 is 2.62 bits per heavy atom. The molecule has 1 heterocycles. The van der Waals surface area contributed by atoms with E-state index in [1.807, 2.05) is 12.7 Å². The molecule has 0 spiro atoms. The van der Waals surface area contributed by atoms with Crippen LogP contribution in [0.1, 0.15) is 0 Å². The third-order valence-electron chi connectivity index (χ3n) is 0.869. The van der Waals surface area contributed by atoms with Crippen LogP contribution in [0.15, 0.2) is 24.3 Å². The van der Waals surface area contributed by atoms with Gasteiger partial charge in [0.1, 0.15) is 0 Å². The predicted molar refractivity (Wildman–Crippen MR) is 37.9 cm³/mol. The Kier molecular flexibility index (Phi) is 2.03. The van der Waals surface area contributed by atoms with Crippen LogP contribution in [0.4, 0.5) is 0 Å². The first kappa shape index (κ1) is 5.76. The Bertz CT molecular complexity index is 109. The van der Waals surface area contributed by atoms with Crippen molar-refractivity contribution in [1.82, 2.24) is 4.90 Å². The first-order chi connectivity index (χ1) is 3.93. The summed E-state index contributed by atoms with van der Waals surface area (Å²) < 4.78 is 0. The highest BCUT2D eigenvalue weighted by atomic mass is 32.2. The van der Waals surface area contributed by atoms with Crippen molar-refractivity contribution < 1.29 is 0 Å². The van der Waals surface area contributed by atoms with Crippen molar-refractivity contribution >= 4 is 11.8 Å². The van der Waals surface area contributed by atoms with Crippen LogP contribution in [-0.2, 0) is 0 Å². The summed E-state index contributed by atoms with van der Waals surface area (Å²) in [5, 5.41) is 2.07. The fourth-order valence-corrected chi connectivity index (χ4v) is 1.19. The van der Waals surface area contributed by atoms with Gasteiger partial charge in [0, 0.05) is 6.20 Å². The maximum absolute atomic E-state index is 3.58. The van der Waals surface area contributed by atoms with E-state index in [9.17, 15) is 0 Å². The lowest BCUT2D eigenvalue weighted by Gasteiger charge is -2.08. The molecule has 0 unspecified atom stereocenters. The molecule has 0 aromatic rings. The van der Waals surface area contributed by atoms with Gasteiger partial charge in [0.2, 0.25) is 0 Å². The fourth-order valence-electron chi connectivity index (χ4n) is 0.521.